The van der Waals surface area contributed by atoms with E-state index in [1.165, 1.54) is 12.8 Å². The highest BCUT2D eigenvalue weighted by molar-refractivity contribution is 8.11. The summed E-state index contributed by atoms with van der Waals surface area (Å²) in [6.07, 6.45) is 2.51. The minimum absolute atomic E-state index is 0.569. The van der Waals surface area contributed by atoms with E-state index in [0.29, 0.717) is 9.09 Å². The van der Waals surface area contributed by atoms with Gasteiger partial charge < -0.3 is 15.4 Å². The van der Waals surface area contributed by atoms with E-state index in [9.17, 15) is 0 Å². The molecule has 0 unspecified atom stereocenters. The number of aromatic amines is 2. The first-order valence-corrected chi connectivity index (χ1v) is 8.22. The Kier molecular flexibility index (Phi) is 6.22. The number of para-hydroxylation sites is 2. The third kappa shape index (κ3) is 5.43. The molecular formula is C14H20N4S3. The molecule has 0 atom stereocenters. The number of hydrogen-bond donors (Lipinski definition) is 4. The summed E-state index contributed by atoms with van der Waals surface area (Å²) in [5.41, 5.74) is 5.16. The Labute approximate surface area is 140 Å². The normalized spacial score (nSPS) is 16.3. The molecule has 4 nitrogen and oxygen atoms in total. The van der Waals surface area contributed by atoms with Crippen LogP contribution < -0.4 is 5.43 Å². The zero-order valence-corrected chi connectivity index (χ0v) is 14.5. The molecule has 0 amide bonds. The van der Waals surface area contributed by atoms with Crippen molar-refractivity contribution in [3.05, 3.63) is 29.0 Å². The van der Waals surface area contributed by atoms with Crippen molar-refractivity contribution < 1.29 is 0 Å². The number of nitrogens with zero attached hydrogens (tertiary/aromatic N) is 1. The maximum atomic E-state index is 4.90. The number of thiol groups is 1. The maximum Gasteiger partial charge on any atom is 0.175 e. The summed E-state index contributed by atoms with van der Waals surface area (Å²) in [6.45, 7) is 4.46. The van der Waals surface area contributed by atoms with E-state index in [1.807, 2.05) is 24.3 Å². The highest BCUT2D eigenvalue weighted by Crippen LogP contribution is 2.14. The molecule has 2 heterocycles. The Morgan fingerprint density at radius 3 is 2.24 bits per heavy atom. The molecule has 1 saturated heterocycles. The van der Waals surface area contributed by atoms with Crippen LogP contribution in [0.2, 0.25) is 0 Å². The number of nitrogens with one attached hydrogen (secondary N) is 3. The molecule has 3 rings (SSSR count). The monoisotopic (exact) mass is 340 g/mol. The summed E-state index contributed by atoms with van der Waals surface area (Å²) < 4.78 is 1.25. The number of thiocarbonyl (C=S) groups is 1. The summed E-state index contributed by atoms with van der Waals surface area (Å²) in [5, 5.41) is 2.13. The smallest absolute Gasteiger partial charge is 0.175 e. The van der Waals surface area contributed by atoms with E-state index in [-0.39, 0.29) is 0 Å². The molecule has 3 N–H and O–H groups in total. The average Bonchev–Trinajstić information content (AvgIpc) is 2.81. The molecule has 1 aromatic carbocycles. The van der Waals surface area contributed by atoms with Crippen LogP contribution in [0.5, 0.6) is 0 Å². The molecule has 7 heteroatoms. The fourth-order valence-electron chi connectivity index (χ4n) is 2.23. The fourth-order valence-corrected chi connectivity index (χ4v) is 2.72. The van der Waals surface area contributed by atoms with E-state index in [4.69, 9.17) is 24.4 Å². The van der Waals surface area contributed by atoms with Crippen molar-refractivity contribution in [2.75, 3.05) is 13.1 Å². The third-order valence-electron chi connectivity index (χ3n) is 3.46. The van der Waals surface area contributed by atoms with Crippen LogP contribution in [0.1, 0.15) is 19.8 Å². The van der Waals surface area contributed by atoms with Crippen LogP contribution in [-0.2, 0) is 0 Å². The minimum atomic E-state index is 0.569. The van der Waals surface area contributed by atoms with E-state index < -0.39 is 0 Å². The molecular weight excluding hydrogens is 320 g/mol. The summed E-state index contributed by atoms with van der Waals surface area (Å²) in [7, 11) is 0. The highest BCUT2D eigenvalue weighted by Gasteiger charge is 2.14. The number of imidazole rings is 1. The molecule has 1 aliphatic rings. The van der Waals surface area contributed by atoms with Crippen LogP contribution in [0, 0.1) is 10.7 Å². The van der Waals surface area contributed by atoms with Crippen molar-refractivity contribution in [1.29, 1.82) is 0 Å². The van der Waals surface area contributed by atoms with Gasteiger partial charge in [0.1, 0.15) is 4.32 Å². The van der Waals surface area contributed by atoms with Crippen molar-refractivity contribution in [1.82, 2.24) is 20.4 Å². The zero-order valence-electron chi connectivity index (χ0n) is 11.9. The van der Waals surface area contributed by atoms with E-state index >= 15 is 0 Å². The number of aromatic nitrogens is 2. The third-order valence-corrected chi connectivity index (χ3v) is 3.86. The number of hydrogen-bond acceptors (Lipinski definition) is 3. The van der Waals surface area contributed by atoms with Gasteiger partial charge in [-0.2, -0.15) is 0 Å². The Bertz CT molecular complexity index is 605. The SMILES string of the molecule is CC1CCN(NC(=S)S)CC1.S=c1[nH]c2ccccc2[nH]1. The van der Waals surface area contributed by atoms with Crippen molar-refractivity contribution in [3.63, 3.8) is 0 Å². The first-order valence-electron chi connectivity index (χ1n) is 6.96. The molecule has 0 radical (unpaired) electrons. The second kappa shape index (κ2) is 7.93. The van der Waals surface area contributed by atoms with Gasteiger partial charge in [-0.1, -0.05) is 31.3 Å². The fraction of sp³-hybridized carbons (Fsp3) is 0.429. The van der Waals surface area contributed by atoms with Gasteiger partial charge in [0.15, 0.2) is 4.77 Å². The van der Waals surface area contributed by atoms with Crippen LogP contribution in [0.4, 0.5) is 0 Å². The van der Waals surface area contributed by atoms with Crippen LogP contribution in [0.3, 0.4) is 0 Å². The van der Waals surface area contributed by atoms with Gasteiger partial charge in [0, 0.05) is 13.1 Å². The van der Waals surface area contributed by atoms with Crippen LogP contribution in [0.15, 0.2) is 24.3 Å². The molecule has 0 saturated carbocycles. The van der Waals surface area contributed by atoms with Gasteiger partial charge in [0.05, 0.1) is 11.0 Å². The largest absolute Gasteiger partial charge is 0.331 e. The van der Waals surface area contributed by atoms with Crippen molar-refractivity contribution in [2.24, 2.45) is 5.92 Å². The molecule has 0 bridgehead atoms. The van der Waals surface area contributed by atoms with Gasteiger partial charge in [0.2, 0.25) is 0 Å². The number of fused-ring (bicyclic) bond motifs is 1. The molecule has 2 aromatic rings. The first-order chi connectivity index (χ1) is 10.0. The van der Waals surface area contributed by atoms with E-state index in [0.717, 1.165) is 30.0 Å². The van der Waals surface area contributed by atoms with Crippen LogP contribution in [0.25, 0.3) is 11.0 Å². The maximum absolute atomic E-state index is 4.90. The summed E-state index contributed by atoms with van der Waals surface area (Å²) >= 11 is 13.7. The van der Waals surface area contributed by atoms with Crippen molar-refractivity contribution in [3.8, 4) is 0 Å². The lowest BCUT2D eigenvalue weighted by Gasteiger charge is -2.30. The summed E-state index contributed by atoms with van der Waals surface area (Å²) in [4.78, 5) is 6.04. The summed E-state index contributed by atoms with van der Waals surface area (Å²) in [6, 6.07) is 7.92. The zero-order chi connectivity index (χ0) is 15.2. The number of benzene rings is 1. The van der Waals surface area contributed by atoms with Gasteiger partial charge in [-0.25, -0.2) is 5.01 Å². The lowest BCUT2D eigenvalue weighted by Crippen LogP contribution is -2.44. The van der Waals surface area contributed by atoms with Crippen LogP contribution >= 0.6 is 37.1 Å². The topological polar surface area (TPSA) is 46.8 Å². The standard InChI is InChI=1S/C7H14N2S2.C7H6N2S/c1-6-2-4-9(5-3-6)8-7(10)11;10-7-8-5-3-1-2-4-6(5)9-7/h6H,2-5H2,1H3,(H2,8,10,11);1-4H,(H2,8,9,10). The first kappa shape index (κ1) is 16.5. The molecule has 1 aromatic heterocycles. The quantitative estimate of drug-likeness (QED) is 0.473. The van der Waals surface area contributed by atoms with Gasteiger partial charge in [-0.05, 0) is 43.1 Å². The predicted octanol–water partition coefficient (Wildman–Crippen LogP) is 3.66. The Morgan fingerprint density at radius 2 is 1.76 bits per heavy atom. The minimum Gasteiger partial charge on any atom is -0.331 e. The molecule has 1 aliphatic heterocycles. The van der Waals surface area contributed by atoms with E-state index in [1.54, 1.807) is 0 Å². The van der Waals surface area contributed by atoms with Crippen molar-refractivity contribution in [2.45, 2.75) is 19.8 Å². The molecule has 114 valence electrons. The van der Waals surface area contributed by atoms with Crippen molar-refractivity contribution >= 4 is 52.4 Å². The van der Waals surface area contributed by atoms with Crippen LogP contribution in [-0.4, -0.2) is 32.4 Å². The highest BCUT2D eigenvalue weighted by atomic mass is 32.1. The molecule has 0 spiro atoms. The number of piperidine rings is 1. The Balaban J connectivity index is 0.000000154. The number of hydrazine groups is 1. The van der Waals surface area contributed by atoms with Gasteiger partial charge >= 0.3 is 0 Å². The lowest BCUT2D eigenvalue weighted by molar-refractivity contribution is 0.165. The Hall–Kier alpha value is -0.890. The predicted molar refractivity (Wildman–Crippen MR) is 98.2 cm³/mol. The number of H-pyrrole nitrogens is 2. The molecule has 1 fully saturated rings. The Morgan fingerprint density at radius 1 is 1.24 bits per heavy atom. The summed E-state index contributed by atoms with van der Waals surface area (Å²) in [5.74, 6) is 0.863. The lowest BCUT2D eigenvalue weighted by atomic mass is 10.0. The second-order valence-electron chi connectivity index (χ2n) is 5.21. The van der Waals surface area contributed by atoms with Gasteiger partial charge in [-0.15, -0.1) is 12.6 Å². The number of rotatable bonds is 1. The second-order valence-corrected chi connectivity index (χ2v) is 6.78. The van der Waals surface area contributed by atoms with Gasteiger partial charge in [0.25, 0.3) is 0 Å². The van der Waals surface area contributed by atoms with Gasteiger partial charge in [-0.3, -0.25) is 0 Å². The molecule has 21 heavy (non-hydrogen) atoms. The molecule has 0 aliphatic carbocycles. The average molecular weight is 341 g/mol. The van der Waals surface area contributed by atoms with E-state index in [2.05, 4.69) is 40.0 Å².